The molecule has 1 aliphatic rings. The molecule has 0 aliphatic carbocycles. The highest BCUT2D eigenvalue weighted by Crippen LogP contribution is 2.23. The maximum Gasteiger partial charge on any atom is 0.227 e. The molecular weight excluding hydrogens is 324 g/mol. The minimum atomic E-state index is -0.487. The molecule has 25 heavy (non-hydrogen) atoms. The summed E-state index contributed by atoms with van der Waals surface area (Å²) >= 11 is 0. The minimum absolute atomic E-state index is 0.136. The molecule has 1 aliphatic heterocycles. The standard InChI is InChI=1S/C18H23F2N5/c1-23(2)17-7-9-21-18(22-17)24(3)13-8-10-25(11-13)12-14-15(19)5-4-6-16(14)20/h4-7,9,13H,8,10-12H2,1-3H3. The second kappa shape index (κ2) is 7.31. The topological polar surface area (TPSA) is 35.5 Å². The number of aromatic nitrogens is 2. The Hall–Kier alpha value is -2.28. The van der Waals surface area contributed by atoms with Gasteiger partial charge in [-0.3, -0.25) is 4.90 Å². The molecule has 134 valence electrons. The number of anilines is 2. The van der Waals surface area contributed by atoms with Crippen molar-refractivity contribution in [3.8, 4) is 0 Å². The van der Waals surface area contributed by atoms with Crippen LogP contribution in [0.5, 0.6) is 0 Å². The molecule has 7 heteroatoms. The van der Waals surface area contributed by atoms with Crippen molar-refractivity contribution in [2.75, 3.05) is 44.0 Å². The zero-order chi connectivity index (χ0) is 18.0. The number of nitrogens with zero attached hydrogens (tertiary/aromatic N) is 5. The van der Waals surface area contributed by atoms with Crippen molar-refractivity contribution in [3.63, 3.8) is 0 Å². The van der Waals surface area contributed by atoms with Crippen LogP contribution in [0.15, 0.2) is 30.5 Å². The van der Waals surface area contributed by atoms with Gasteiger partial charge in [-0.25, -0.2) is 13.8 Å². The maximum absolute atomic E-state index is 13.8. The first-order valence-electron chi connectivity index (χ1n) is 8.34. The Balaban J connectivity index is 1.67. The van der Waals surface area contributed by atoms with Gasteiger partial charge < -0.3 is 9.80 Å². The zero-order valence-electron chi connectivity index (χ0n) is 14.8. The first-order valence-corrected chi connectivity index (χ1v) is 8.34. The van der Waals surface area contributed by atoms with Gasteiger partial charge in [0.25, 0.3) is 0 Å². The lowest BCUT2D eigenvalue weighted by atomic mass is 10.2. The SMILES string of the molecule is CN(C)c1ccnc(N(C)C2CCN(Cc3c(F)cccc3F)C2)n1. The lowest BCUT2D eigenvalue weighted by Gasteiger charge is -2.26. The van der Waals surface area contributed by atoms with E-state index in [1.807, 2.05) is 37.0 Å². The van der Waals surface area contributed by atoms with Crippen LogP contribution in [0.2, 0.25) is 0 Å². The summed E-state index contributed by atoms with van der Waals surface area (Å²) in [6.45, 7) is 1.79. The third-order valence-corrected chi connectivity index (χ3v) is 4.64. The number of likely N-dealkylation sites (tertiary alicyclic amines) is 1. The second-order valence-electron chi connectivity index (χ2n) is 6.60. The van der Waals surface area contributed by atoms with Gasteiger partial charge in [0.2, 0.25) is 5.95 Å². The highest BCUT2D eigenvalue weighted by atomic mass is 19.1. The first-order chi connectivity index (χ1) is 12.0. The molecule has 2 aromatic rings. The number of rotatable bonds is 5. The quantitative estimate of drug-likeness (QED) is 0.831. The number of benzene rings is 1. The van der Waals surface area contributed by atoms with Crippen LogP contribution in [0, 0.1) is 11.6 Å². The Labute approximate surface area is 146 Å². The molecule has 1 aromatic heterocycles. The van der Waals surface area contributed by atoms with Crippen molar-refractivity contribution in [2.45, 2.75) is 19.0 Å². The fraction of sp³-hybridized carbons (Fsp3) is 0.444. The van der Waals surface area contributed by atoms with Gasteiger partial charge in [-0.2, -0.15) is 4.98 Å². The Morgan fingerprint density at radius 1 is 1.16 bits per heavy atom. The molecule has 0 bridgehead atoms. The molecule has 1 saturated heterocycles. The number of likely N-dealkylation sites (N-methyl/N-ethyl adjacent to an activating group) is 1. The molecule has 1 fully saturated rings. The predicted octanol–water partition coefficient (Wildman–Crippen LogP) is 2.53. The Morgan fingerprint density at radius 3 is 2.56 bits per heavy atom. The fourth-order valence-corrected chi connectivity index (χ4v) is 3.10. The summed E-state index contributed by atoms with van der Waals surface area (Å²) in [5.41, 5.74) is 0.136. The molecule has 2 heterocycles. The van der Waals surface area contributed by atoms with Crippen LogP contribution in [0.25, 0.3) is 0 Å². The fourth-order valence-electron chi connectivity index (χ4n) is 3.10. The van der Waals surface area contributed by atoms with E-state index in [-0.39, 0.29) is 18.2 Å². The van der Waals surface area contributed by atoms with Gasteiger partial charge in [0, 0.05) is 58.6 Å². The van der Waals surface area contributed by atoms with Gasteiger partial charge in [0.15, 0.2) is 0 Å². The molecule has 0 radical (unpaired) electrons. The van der Waals surface area contributed by atoms with E-state index in [0.717, 1.165) is 25.3 Å². The van der Waals surface area contributed by atoms with Gasteiger partial charge in [-0.15, -0.1) is 0 Å². The summed E-state index contributed by atoms with van der Waals surface area (Å²) in [5.74, 6) is 0.535. The van der Waals surface area contributed by atoms with Gasteiger partial charge >= 0.3 is 0 Å². The molecule has 1 aromatic carbocycles. The summed E-state index contributed by atoms with van der Waals surface area (Å²) in [6, 6.07) is 6.08. The highest BCUT2D eigenvalue weighted by Gasteiger charge is 2.28. The summed E-state index contributed by atoms with van der Waals surface area (Å²) in [6.07, 6.45) is 2.65. The van der Waals surface area contributed by atoms with Crippen LogP contribution >= 0.6 is 0 Å². The van der Waals surface area contributed by atoms with E-state index in [4.69, 9.17) is 0 Å². The average molecular weight is 347 g/mol. The van der Waals surface area contributed by atoms with E-state index < -0.39 is 11.6 Å². The molecule has 3 rings (SSSR count). The Morgan fingerprint density at radius 2 is 1.88 bits per heavy atom. The van der Waals surface area contributed by atoms with Crippen molar-refractivity contribution < 1.29 is 8.78 Å². The van der Waals surface area contributed by atoms with Crippen LogP contribution < -0.4 is 9.80 Å². The summed E-state index contributed by atoms with van der Waals surface area (Å²) in [4.78, 5) is 15.0. The van der Waals surface area contributed by atoms with E-state index in [0.29, 0.717) is 5.95 Å². The lowest BCUT2D eigenvalue weighted by molar-refractivity contribution is 0.313. The smallest absolute Gasteiger partial charge is 0.227 e. The van der Waals surface area contributed by atoms with Crippen molar-refractivity contribution in [3.05, 3.63) is 47.7 Å². The first kappa shape index (κ1) is 17.5. The molecule has 5 nitrogen and oxygen atoms in total. The monoisotopic (exact) mass is 347 g/mol. The third kappa shape index (κ3) is 3.87. The number of hydrogen-bond donors (Lipinski definition) is 0. The van der Waals surface area contributed by atoms with Crippen molar-refractivity contribution >= 4 is 11.8 Å². The van der Waals surface area contributed by atoms with E-state index >= 15 is 0 Å². The van der Waals surface area contributed by atoms with E-state index in [9.17, 15) is 8.78 Å². The molecule has 1 atom stereocenters. The van der Waals surface area contributed by atoms with Crippen molar-refractivity contribution in [1.82, 2.24) is 14.9 Å². The van der Waals surface area contributed by atoms with Crippen LogP contribution in [0.4, 0.5) is 20.5 Å². The molecule has 0 N–H and O–H groups in total. The van der Waals surface area contributed by atoms with Crippen LogP contribution in [0.1, 0.15) is 12.0 Å². The lowest BCUT2D eigenvalue weighted by Crippen LogP contribution is -2.35. The van der Waals surface area contributed by atoms with Crippen molar-refractivity contribution in [1.29, 1.82) is 0 Å². The van der Waals surface area contributed by atoms with Gasteiger partial charge in [-0.1, -0.05) is 6.07 Å². The third-order valence-electron chi connectivity index (χ3n) is 4.64. The van der Waals surface area contributed by atoms with Crippen LogP contribution in [-0.2, 0) is 6.54 Å². The van der Waals surface area contributed by atoms with Gasteiger partial charge in [0.1, 0.15) is 17.5 Å². The summed E-state index contributed by atoms with van der Waals surface area (Å²) in [7, 11) is 5.84. The van der Waals surface area contributed by atoms with Crippen molar-refractivity contribution in [2.24, 2.45) is 0 Å². The van der Waals surface area contributed by atoms with Gasteiger partial charge in [-0.05, 0) is 24.6 Å². The second-order valence-corrected chi connectivity index (χ2v) is 6.60. The largest absolute Gasteiger partial charge is 0.363 e. The molecule has 1 unspecified atom stereocenters. The van der Waals surface area contributed by atoms with Crippen LogP contribution in [0.3, 0.4) is 0 Å². The van der Waals surface area contributed by atoms with E-state index in [1.165, 1.54) is 18.2 Å². The Kier molecular flexibility index (Phi) is 5.13. The molecule has 0 amide bonds. The summed E-state index contributed by atoms with van der Waals surface area (Å²) < 4.78 is 27.7. The highest BCUT2D eigenvalue weighted by molar-refractivity contribution is 5.42. The molecular formula is C18H23F2N5. The minimum Gasteiger partial charge on any atom is -0.363 e. The number of halogens is 2. The summed E-state index contributed by atoms with van der Waals surface area (Å²) in [5, 5.41) is 0. The normalized spacial score (nSPS) is 17.7. The van der Waals surface area contributed by atoms with Gasteiger partial charge in [0.05, 0.1) is 0 Å². The molecule has 0 spiro atoms. The van der Waals surface area contributed by atoms with E-state index in [2.05, 4.69) is 14.9 Å². The zero-order valence-corrected chi connectivity index (χ0v) is 14.8. The molecule has 0 saturated carbocycles. The van der Waals surface area contributed by atoms with E-state index in [1.54, 1.807) is 6.20 Å². The number of hydrogen-bond acceptors (Lipinski definition) is 5. The van der Waals surface area contributed by atoms with Crippen LogP contribution in [-0.4, -0.2) is 55.1 Å². The maximum atomic E-state index is 13.8. The Bertz CT molecular complexity index is 717. The predicted molar refractivity (Wildman–Crippen MR) is 94.8 cm³/mol. The average Bonchev–Trinajstić information content (AvgIpc) is 3.06.